The van der Waals surface area contributed by atoms with Gasteiger partial charge in [0.05, 0.1) is 29.5 Å². The van der Waals surface area contributed by atoms with Crippen LogP contribution in [0.5, 0.6) is 0 Å². The third-order valence-corrected chi connectivity index (χ3v) is 6.65. The number of carbonyl (C=O) groups excluding carboxylic acids is 2. The van der Waals surface area contributed by atoms with Crippen molar-refractivity contribution < 1.29 is 9.59 Å². The lowest BCUT2D eigenvalue weighted by Gasteiger charge is -2.35. The van der Waals surface area contributed by atoms with Gasteiger partial charge in [0.15, 0.2) is 5.65 Å². The van der Waals surface area contributed by atoms with Crippen LogP contribution < -0.4 is 5.56 Å². The normalized spacial score (nSPS) is 18.6. The van der Waals surface area contributed by atoms with E-state index in [1.807, 2.05) is 42.2 Å². The molecule has 2 aliphatic heterocycles. The van der Waals surface area contributed by atoms with E-state index in [0.717, 1.165) is 36.2 Å². The van der Waals surface area contributed by atoms with Gasteiger partial charge in [-0.05, 0) is 38.3 Å². The van der Waals surface area contributed by atoms with Gasteiger partial charge in [-0.25, -0.2) is 9.50 Å². The molecule has 0 saturated carbocycles. The zero-order valence-corrected chi connectivity index (χ0v) is 18.4. The Labute approximate surface area is 185 Å². The number of nitrogens with one attached hydrogen (secondary N) is 1. The van der Waals surface area contributed by atoms with Gasteiger partial charge in [-0.15, -0.1) is 0 Å². The van der Waals surface area contributed by atoms with Crippen molar-refractivity contribution in [1.82, 2.24) is 24.4 Å². The second kappa shape index (κ2) is 7.93. The molecular formula is C24H27N5O3. The zero-order chi connectivity index (χ0) is 22.4. The van der Waals surface area contributed by atoms with E-state index >= 15 is 0 Å². The number of nitrogens with zero attached hydrogens (tertiary/aromatic N) is 4. The number of amides is 2. The molecular weight excluding hydrogens is 406 g/mol. The Balaban J connectivity index is 1.51. The molecule has 4 heterocycles. The van der Waals surface area contributed by atoms with Crippen LogP contribution in [0.3, 0.4) is 0 Å². The van der Waals surface area contributed by atoms with Crippen molar-refractivity contribution in [3.05, 3.63) is 68.8 Å². The van der Waals surface area contributed by atoms with Gasteiger partial charge in [-0.2, -0.15) is 0 Å². The number of aromatic nitrogens is 3. The molecule has 0 radical (unpaired) electrons. The second-order valence-electron chi connectivity index (χ2n) is 8.81. The number of hydrogen-bond donors (Lipinski definition) is 1. The largest absolute Gasteiger partial charge is 0.338 e. The summed E-state index contributed by atoms with van der Waals surface area (Å²) in [7, 11) is 0. The molecule has 0 spiro atoms. The number of rotatable bonds is 2. The van der Waals surface area contributed by atoms with Gasteiger partial charge in [0.2, 0.25) is 5.91 Å². The highest BCUT2D eigenvalue weighted by Gasteiger charge is 2.31. The molecule has 0 aliphatic carbocycles. The molecule has 8 heteroatoms. The van der Waals surface area contributed by atoms with Crippen molar-refractivity contribution in [3.8, 4) is 0 Å². The molecule has 1 aromatic carbocycles. The van der Waals surface area contributed by atoms with Crippen LogP contribution in [0.25, 0.3) is 5.65 Å². The van der Waals surface area contributed by atoms with E-state index in [1.54, 1.807) is 4.90 Å². The van der Waals surface area contributed by atoms with E-state index in [0.29, 0.717) is 36.3 Å². The lowest BCUT2D eigenvalue weighted by atomic mass is 9.98. The maximum Gasteiger partial charge on any atom is 0.277 e. The standard InChI is InChI=1S/C24H27N5O3/c1-15-6-8-17(9-7-15)23(31)28-11-4-3-5-21(28)20-13-22-25-19-10-12-27(16(2)30)14-18(19)24(32)29(22)26-20/h6-9,13,21,26H,3-5,10-12,14H2,1-2H3. The monoisotopic (exact) mass is 433 g/mol. The number of H-pyrrole nitrogens is 1. The number of benzene rings is 1. The Kier molecular flexibility index (Phi) is 5.07. The fraction of sp³-hybridized carbons (Fsp3) is 0.417. The summed E-state index contributed by atoms with van der Waals surface area (Å²) < 4.78 is 1.46. The summed E-state index contributed by atoms with van der Waals surface area (Å²) in [5.74, 6) is -0.0372. The van der Waals surface area contributed by atoms with Gasteiger partial charge in [0.25, 0.3) is 11.5 Å². The molecule has 1 saturated heterocycles. The minimum atomic E-state index is -0.172. The molecule has 2 aromatic heterocycles. The molecule has 1 atom stereocenters. The molecule has 3 aromatic rings. The van der Waals surface area contributed by atoms with Crippen LogP contribution >= 0.6 is 0 Å². The minimum absolute atomic E-state index is 0.00468. The predicted molar refractivity (Wildman–Crippen MR) is 119 cm³/mol. The summed E-state index contributed by atoms with van der Waals surface area (Å²) in [6.07, 6.45) is 3.38. The molecule has 166 valence electrons. The van der Waals surface area contributed by atoms with Crippen LogP contribution in [0.2, 0.25) is 0 Å². The molecule has 2 aliphatic rings. The summed E-state index contributed by atoms with van der Waals surface area (Å²) in [6, 6.07) is 9.40. The first-order valence-electron chi connectivity index (χ1n) is 11.2. The SMILES string of the molecule is CC(=O)N1CCc2nc3cc(C4CCCCN4C(=O)c4ccc(C)cc4)[nH]n3c(=O)c2C1. The van der Waals surface area contributed by atoms with Crippen LogP contribution in [0, 0.1) is 6.92 Å². The van der Waals surface area contributed by atoms with Crippen molar-refractivity contribution in [1.29, 1.82) is 0 Å². The third kappa shape index (κ3) is 3.49. The lowest BCUT2D eigenvalue weighted by molar-refractivity contribution is -0.129. The second-order valence-corrected chi connectivity index (χ2v) is 8.81. The summed E-state index contributed by atoms with van der Waals surface area (Å²) in [6.45, 7) is 5.06. The first kappa shape index (κ1) is 20.5. The summed E-state index contributed by atoms with van der Waals surface area (Å²) >= 11 is 0. The van der Waals surface area contributed by atoms with E-state index in [1.165, 1.54) is 11.4 Å². The van der Waals surface area contributed by atoms with E-state index in [-0.39, 0.29) is 30.0 Å². The Hall–Kier alpha value is -3.42. The van der Waals surface area contributed by atoms with Crippen LogP contribution in [0.4, 0.5) is 0 Å². The van der Waals surface area contributed by atoms with Crippen LogP contribution in [0.1, 0.15) is 65.1 Å². The van der Waals surface area contributed by atoms with E-state index in [9.17, 15) is 14.4 Å². The first-order valence-corrected chi connectivity index (χ1v) is 11.2. The molecule has 1 fully saturated rings. The van der Waals surface area contributed by atoms with Gasteiger partial charge >= 0.3 is 0 Å². The molecule has 8 nitrogen and oxygen atoms in total. The molecule has 1 unspecified atom stereocenters. The van der Waals surface area contributed by atoms with E-state index in [4.69, 9.17) is 4.98 Å². The van der Waals surface area contributed by atoms with Crippen LogP contribution in [0.15, 0.2) is 35.1 Å². The lowest BCUT2D eigenvalue weighted by Crippen LogP contribution is -2.39. The molecule has 1 N–H and O–H groups in total. The van der Waals surface area contributed by atoms with Crippen molar-refractivity contribution in [2.45, 2.75) is 52.1 Å². The molecule has 0 bridgehead atoms. The maximum absolute atomic E-state index is 13.3. The minimum Gasteiger partial charge on any atom is -0.338 e. The van der Waals surface area contributed by atoms with E-state index < -0.39 is 0 Å². The van der Waals surface area contributed by atoms with Gasteiger partial charge < -0.3 is 9.80 Å². The van der Waals surface area contributed by atoms with Crippen LogP contribution in [-0.2, 0) is 17.8 Å². The molecule has 2 amide bonds. The van der Waals surface area contributed by atoms with Gasteiger partial charge in [0.1, 0.15) is 0 Å². The highest BCUT2D eigenvalue weighted by molar-refractivity contribution is 5.94. The topological polar surface area (TPSA) is 90.8 Å². The fourth-order valence-corrected chi connectivity index (χ4v) is 4.80. The summed E-state index contributed by atoms with van der Waals surface area (Å²) in [4.78, 5) is 46.5. The Morgan fingerprint density at radius 1 is 1.12 bits per heavy atom. The van der Waals surface area contributed by atoms with E-state index in [2.05, 4.69) is 5.10 Å². The third-order valence-electron chi connectivity index (χ3n) is 6.65. The average Bonchev–Trinajstić information content (AvgIpc) is 3.23. The Morgan fingerprint density at radius 3 is 2.66 bits per heavy atom. The average molecular weight is 434 g/mol. The van der Waals surface area contributed by atoms with Crippen LogP contribution in [-0.4, -0.2) is 49.3 Å². The quantitative estimate of drug-likeness (QED) is 0.673. The number of aromatic amines is 1. The Morgan fingerprint density at radius 2 is 1.91 bits per heavy atom. The number of piperidine rings is 1. The maximum atomic E-state index is 13.3. The number of likely N-dealkylation sites (tertiary alicyclic amines) is 1. The van der Waals surface area contributed by atoms with Crippen molar-refractivity contribution in [3.63, 3.8) is 0 Å². The number of hydrogen-bond acceptors (Lipinski definition) is 4. The smallest absolute Gasteiger partial charge is 0.277 e. The fourth-order valence-electron chi connectivity index (χ4n) is 4.80. The van der Waals surface area contributed by atoms with Gasteiger partial charge in [-0.1, -0.05) is 17.7 Å². The first-order chi connectivity index (χ1) is 15.4. The predicted octanol–water partition coefficient (Wildman–Crippen LogP) is 2.60. The van der Waals surface area contributed by atoms with Gasteiger partial charge in [0, 0.05) is 38.1 Å². The summed E-state index contributed by atoms with van der Waals surface area (Å²) in [5.41, 5.74) is 4.32. The highest BCUT2D eigenvalue weighted by Crippen LogP contribution is 2.32. The number of aryl methyl sites for hydroxylation is 1. The number of carbonyl (C=O) groups is 2. The molecule has 5 rings (SSSR count). The van der Waals surface area contributed by atoms with Crippen molar-refractivity contribution >= 4 is 17.5 Å². The zero-order valence-electron chi connectivity index (χ0n) is 18.4. The molecule has 32 heavy (non-hydrogen) atoms. The summed E-state index contributed by atoms with van der Waals surface area (Å²) in [5, 5.41) is 3.22. The van der Waals surface area contributed by atoms with Crippen molar-refractivity contribution in [2.75, 3.05) is 13.1 Å². The van der Waals surface area contributed by atoms with Gasteiger partial charge in [-0.3, -0.25) is 19.5 Å². The number of fused-ring (bicyclic) bond motifs is 2. The highest BCUT2D eigenvalue weighted by atomic mass is 16.2. The van der Waals surface area contributed by atoms with Crippen molar-refractivity contribution in [2.24, 2.45) is 0 Å². The Bertz CT molecular complexity index is 1260.